The number of ketones is 1. The molecule has 84 valence electrons. The van der Waals surface area contributed by atoms with E-state index >= 15 is 0 Å². The number of rotatable bonds is 3. The van der Waals surface area contributed by atoms with Crippen molar-refractivity contribution in [2.45, 2.75) is 6.92 Å². The summed E-state index contributed by atoms with van der Waals surface area (Å²) >= 11 is 0. The molecule has 16 heavy (non-hydrogen) atoms. The number of benzene rings is 1. The van der Waals surface area contributed by atoms with Crippen LogP contribution in [0.15, 0.2) is 18.2 Å². The maximum atomic E-state index is 11.2. The topological polar surface area (TPSA) is 51.3 Å². The zero-order valence-electron chi connectivity index (χ0n) is 9.46. The Bertz CT molecular complexity index is 501. The van der Waals surface area contributed by atoms with Crippen molar-refractivity contribution in [1.29, 1.82) is 0 Å². The smallest absolute Gasteiger partial charge is 0.175 e. The van der Waals surface area contributed by atoms with Crippen molar-refractivity contribution in [3.63, 3.8) is 0 Å². The summed E-state index contributed by atoms with van der Waals surface area (Å²) in [4.78, 5) is 14.3. The van der Waals surface area contributed by atoms with Gasteiger partial charge in [-0.25, -0.2) is 0 Å². The Hall–Kier alpha value is -1.97. The van der Waals surface area contributed by atoms with E-state index in [4.69, 9.17) is 9.47 Å². The lowest BCUT2D eigenvalue weighted by atomic mass is 10.2. The number of Topliss-reactive ketones (excluding diaryl/α,β-unsaturated/α-hetero) is 1. The molecule has 1 aromatic heterocycles. The van der Waals surface area contributed by atoms with Gasteiger partial charge in [0, 0.05) is 23.9 Å². The van der Waals surface area contributed by atoms with Crippen molar-refractivity contribution >= 4 is 16.7 Å². The van der Waals surface area contributed by atoms with Gasteiger partial charge in [-0.15, -0.1) is 0 Å². The Morgan fingerprint density at radius 2 is 1.75 bits per heavy atom. The Balaban J connectivity index is 2.64. The van der Waals surface area contributed by atoms with Crippen molar-refractivity contribution in [2.75, 3.05) is 14.2 Å². The highest BCUT2D eigenvalue weighted by molar-refractivity contribution is 5.98. The molecule has 0 aliphatic heterocycles. The van der Waals surface area contributed by atoms with E-state index in [0.717, 1.165) is 10.9 Å². The first-order chi connectivity index (χ1) is 7.65. The average molecular weight is 219 g/mol. The van der Waals surface area contributed by atoms with Gasteiger partial charge < -0.3 is 14.5 Å². The van der Waals surface area contributed by atoms with Gasteiger partial charge in [-0.3, -0.25) is 4.79 Å². The van der Waals surface area contributed by atoms with Crippen molar-refractivity contribution in [3.8, 4) is 11.5 Å². The summed E-state index contributed by atoms with van der Waals surface area (Å²) in [5.74, 6) is 1.31. The molecule has 1 aromatic carbocycles. The molecule has 0 aliphatic carbocycles. The molecule has 1 N–H and O–H groups in total. The monoisotopic (exact) mass is 219 g/mol. The van der Waals surface area contributed by atoms with Gasteiger partial charge in [0.05, 0.1) is 19.9 Å². The number of hydrogen-bond acceptors (Lipinski definition) is 3. The lowest BCUT2D eigenvalue weighted by Gasteiger charge is -2.06. The summed E-state index contributed by atoms with van der Waals surface area (Å²) in [5, 5.41) is 0.933. The van der Waals surface area contributed by atoms with Gasteiger partial charge >= 0.3 is 0 Å². The molecule has 2 aromatic rings. The Morgan fingerprint density at radius 3 is 2.31 bits per heavy atom. The Kier molecular flexibility index (Phi) is 2.56. The molecule has 0 bridgehead atoms. The number of carbonyl (C=O) groups is 1. The number of aromatic nitrogens is 1. The van der Waals surface area contributed by atoms with Gasteiger partial charge in [-0.05, 0) is 12.1 Å². The molecule has 0 radical (unpaired) electrons. The molecule has 0 amide bonds. The predicted octanol–water partition coefficient (Wildman–Crippen LogP) is 2.39. The molecule has 0 spiro atoms. The van der Waals surface area contributed by atoms with E-state index in [9.17, 15) is 4.79 Å². The second-order valence-corrected chi connectivity index (χ2v) is 3.53. The van der Waals surface area contributed by atoms with Crippen LogP contribution < -0.4 is 9.47 Å². The number of carbonyl (C=O) groups excluding carboxylic acids is 1. The predicted molar refractivity (Wildman–Crippen MR) is 61.4 cm³/mol. The Morgan fingerprint density at radius 1 is 1.12 bits per heavy atom. The molecule has 0 fully saturated rings. The molecule has 0 saturated heterocycles. The summed E-state index contributed by atoms with van der Waals surface area (Å²) < 4.78 is 10.4. The minimum atomic E-state index is 0.00846. The van der Waals surface area contributed by atoms with Crippen LogP contribution in [0, 0.1) is 0 Å². The maximum Gasteiger partial charge on any atom is 0.175 e. The second-order valence-electron chi connectivity index (χ2n) is 3.53. The molecule has 4 nitrogen and oxygen atoms in total. The summed E-state index contributed by atoms with van der Waals surface area (Å²) in [6, 6.07) is 5.47. The van der Waals surface area contributed by atoms with Gasteiger partial charge in [-0.2, -0.15) is 0 Å². The molecule has 4 heteroatoms. The van der Waals surface area contributed by atoms with Crippen LogP contribution in [0.3, 0.4) is 0 Å². The van der Waals surface area contributed by atoms with E-state index < -0.39 is 0 Å². The highest BCUT2D eigenvalue weighted by Gasteiger charge is 2.10. The highest BCUT2D eigenvalue weighted by atomic mass is 16.5. The summed E-state index contributed by atoms with van der Waals surface area (Å²) in [6.07, 6.45) is 0. The Labute approximate surface area is 93.2 Å². The fourth-order valence-corrected chi connectivity index (χ4v) is 1.65. The fourth-order valence-electron chi connectivity index (χ4n) is 1.65. The molecule has 0 aliphatic rings. The van der Waals surface area contributed by atoms with Crippen LogP contribution in [0.25, 0.3) is 10.9 Å². The minimum absolute atomic E-state index is 0.00846. The first kappa shape index (κ1) is 10.5. The standard InChI is InChI=1S/C12H13NO3/c1-7(14)9-4-8-5-11(15-2)12(16-3)6-10(8)13-9/h4-6,13H,1-3H3. The third-order valence-electron chi connectivity index (χ3n) is 2.50. The third kappa shape index (κ3) is 1.62. The van der Waals surface area contributed by atoms with Crippen LogP contribution in [-0.4, -0.2) is 25.0 Å². The zero-order valence-corrected chi connectivity index (χ0v) is 9.46. The summed E-state index contributed by atoms with van der Waals surface area (Å²) in [5.41, 5.74) is 1.45. The van der Waals surface area contributed by atoms with E-state index in [1.54, 1.807) is 20.3 Å². The molecular formula is C12H13NO3. The average Bonchev–Trinajstić information content (AvgIpc) is 2.69. The van der Waals surface area contributed by atoms with Gasteiger partial charge in [-0.1, -0.05) is 0 Å². The van der Waals surface area contributed by atoms with Crippen molar-refractivity contribution in [1.82, 2.24) is 4.98 Å². The first-order valence-electron chi connectivity index (χ1n) is 4.91. The number of hydrogen-bond donors (Lipinski definition) is 1. The second kappa shape index (κ2) is 3.89. The number of aromatic amines is 1. The van der Waals surface area contributed by atoms with Crippen molar-refractivity contribution in [2.24, 2.45) is 0 Å². The largest absolute Gasteiger partial charge is 0.493 e. The van der Waals surface area contributed by atoms with Gasteiger partial charge in [0.2, 0.25) is 0 Å². The quantitative estimate of drug-likeness (QED) is 0.806. The maximum absolute atomic E-state index is 11.2. The third-order valence-corrected chi connectivity index (χ3v) is 2.50. The van der Waals surface area contributed by atoms with Crippen LogP contribution in [-0.2, 0) is 0 Å². The number of ether oxygens (including phenoxy) is 2. The summed E-state index contributed by atoms with van der Waals surface area (Å²) in [7, 11) is 3.17. The molecule has 2 rings (SSSR count). The highest BCUT2D eigenvalue weighted by Crippen LogP contribution is 2.32. The van der Waals surface area contributed by atoms with Crippen LogP contribution in [0.1, 0.15) is 17.4 Å². The number of H-pyrrole nitrogens is 1. The van der Waals surface area contributed by atoms with Crippen LogP contribution in [0.5, 0.6) is 11.5 Å². The lowest BCUT2D eigenvalue weighted by Crippen LogP contribution is -1.90. The van der Waals surface area contributed by atoms with Gasteiger partial charge in [0.25, 0.3) is 0 Å². The first-order valence-corrected chi connectivity index (χ1v) is 4.91. The van der Waals surface area contributed by atoms with E-state index in [1.807, 2.05) is 12.1 Å². The van der Waals surface area contributed by atoms with E-state index in [1.165, 1.54) is 6.92 Å². The number of methoxy groups -OCH3 is 2. The lowest BCUT2D eigenvalue weighted by molar-refractivity contribution is 0.101. The molecule has 0 unspecified atom stereocenters. The molecule has 0 saturated carbocycles. The zero-order chi connectivity index (χ0) is 11.7. The SMILES string of the molecule is COc1cc2cc(C(C)=O)[nH]c2cc1OC. The molecule has 0 atom stereocenters. The van der Waals surface area contributed by atoms with Crippen LogP contribution in [0.4, 0.5) is 0 Å². The number of nitrogens with one attached hydrogen (secondary N) is 1. The molecular weight excluding hydrogens is 206 g/mol. The van der Waals surface area contributed by atoms with Crippen molar-refractivity contribution in [3.05, 3.63) is 23.9 Å². The summed E-state index contributed by atoms with van der Waals surface area (Å²) in [6.45, 7) is 1.53. The van der Waals surface area contributed by atoms with Crippen LogP contribution >= 0.6 is 0 Å². The normalized spacial score (nSPS) is 10.4. The minimum Gasteiger partial charge on any atom is -0.493 e. The fraction of sp³-hybridized carbons (Fsp3) is 0.250. The van der Waals surface area contributed by atoms with Crippen LogP contribution in [0.2, 0.25) is 0 Å². The van der Waals surface area contributed by atoms with Gasteiger partial charge in [0.1, 0.15) is 0 Å². The number of fused-ring (bicyclic) bond motifs is 1. The van der Waals surface area contributed by atoms with E-state index in [2.05, 4.69) is 4.98 Å². The van der Waals surface area contributed by atoms with E-state index in [0.29, 0.717) is 17.2 Å². The van der Waals surface area contributed by atoms with Gasteiger partial charge in [0.15, 0.2) is 17.3 Å². The van der Waals surface area contributed by atoms with E-state index in [-0.39, 0.29) is 5.78 Å². The molecule has 1 heterocycles. The van der Waals surface area contributed by atoms with Crippen molar-refractivity contribution < 1.29 is 14.3 Å².